The van der Waals surface area contributed by atoms with Gasteiger partial charge in [-0.3, -0.25) is 4.79 Å². The van der Waals surface area contributed by atoms with E-state index in [0.717, 1.165) is 29.5 Å². The van der Waals surface area contributed by atoms with E-state index < -0.39 is 0 Å². The van der Waals surface area contributed by atoms with Gasteiger partial charge in [0.1, 0.15) is 11.6 Å². The standard InChI is InChI=1S/C17H15FN6OS/c1-9-19-16(26-22-9)15-21-20-14-13-7-6-12(8-23(14)15)24(13)17(25)10-2-4-11(18)5-3-10/h2-5,12-13H,6-8H2,1H3/t12-,13+/m0/s1. The number of nitrogens with zero attached hydrogens (tertiary/aromatic N) is 6. The van der Waals surface area contributed by atoms with Gasteiger partial charge in [-0.05, 0) is 55.6 Å². The van der Waals surface area contributed by atoms with Crippen LogP contribution in [-0.4, -0.2) is 41.0 Å². The number of rotatable bonds is 2. The number of fused-ring (bicyclic) bond motifs is 4. The van der Waals surface area contributed by atoms with E-state index in [-0.39, 0.29) is 23.8 Å². The number of carbonyl (C=O) groups excluding carboxylic acids is 1. The smallest absolute Gasteiger partial charge is 0.254 e. The third-order valence-electron chi connectivity index (χ3n) is 5.02. The van der Waals surface area contributed by atoms with Crippen molar-refractivity contribution in [1.29, 1.82) is 0 Å². The minimum Gasteiger partial charge on any atom is -0.324 e. The van der Waals surface area contributed by atoms with Crippen molar-refractivity contribution in [1.82, 2.24) is 29.0 Å². The van der Waals surface area contributed by atoms with Gasteiger partial charge in [-0.15, -0.1) is 10.2 Å². The fourth-order valence-electron chi connectivity index (χ4n) is 3.86. The number of benzene rings is 1. The summed E-state index contributed by atoms with van der Waals surface area (Å²) in [6.07, 6.45) is 1.76. The molecule has 0 radical (unpaired) electrons. The highest BCUT2D eigenvalue weighted by Gasteiger charge is 2.45. The lowest BCUT2D eigenvalue weighted by Crippen LogP contribution is -2.44. The summed E-state index contributed by atoms with van der Waals surface area (Å²) >= 11 is 1.31. The molecule has 0 aliphatic carbocycles. The Morgan fingerprint density at radius 2 is 2.04 bits per heavy atom. The lowest BCUT2D eigenvalue weighted by molar-refractivity contribution is 0.0597. The van der Waals surface area contributed by atoms with Gasteiger partial charge in [-0.2, -0.15) is 4.37 Å². The summed E-state index contributed by atoms with van der Waals surface area (Å²) < 4.78 is 19.4. The lowest BCUT2D eigenvalue weighted by atomic mass is 10.1. The maximum absolute atomic E-state index is 13.2. The molecule has 2 aliphatic heterocycles. The SMILES string of the molecule is Cc1nsc(-c2nnc3n2C[C@@H]2CC[C@H]3N2C(=O)c2ccc(F)cc2)n1. The maximum atomic E-state index is 13.2. The van der Waals surface area contributed by atoms with Crippen LogP contribution in [0.15, 0.2) is 24.3 Å². The Balaban J connectivity index is 1.51. The summed E-state index contributed by atoms with van der Waals surface area (Å²) in [5.41, 5.74) is 0.497. The van der Waals surface area contributed by atoms with Crippen molar-refractivity contribution in [2.45, 2.75) is 38.4 Å². The molecule has 5 rings (SSSR count). The van der Waals surface area contributed by atoms with Gasteiger partial charge in [0.2, 0.25) is 0 Å². The second-order valence-electron chi connectivity index (χ2n) is 6.61. The minimum atomic E-state index is -0.347. The molecule has 0 spiro atoms. The van der Waals surface area contributed by atoms with Gasteiger partial charge in [0.25, 0.3) is 5.91 Å². The number of aryl methyl sites for hydroxylation is 1. The molecule has 7 nitrogen and oxygen atoms in total. The first-order chi connectivity index (χ1) is 12.6. The average Bonchev–Trinajstić information content (AvgIpc) is 3.32. The normalized spacial score (nSPS) is 21.1. The van der Waals surface area contributed by atoms with Gasteiger partial charge in [-0.25, -0.2) is 9.37 Å². The van der Waals surface area contributed by atoms with E-state index >= 15 is 0 Å². The van der Waals surface area contributed by atoms with Gasteiger partial charge in [-0.1, -0.05) is 0 Å². The molecule has 0 N–H and O–H groups in total. The molecule has 2 bridgehead atoms. The van der Waals surface area contributed by atoms with Gasteiger partial charge in [0.15, 0.2) is 16.7 Å². The Bertz CT molecular complexity index is 997. The van der Waals surface area contributed by atoms with Crippen molar-refractivity contribution in [3.8, 4) is 10.8 Å². The summed E-state index contributed by atoms with van der Waals surface area (Å²) in [6, 6.07) is 5.67. The van der Waals surface area contributed by atoms with Crippen LogP contribution in [0.1, 0.15) is 40.9 Å². The van der Waals surface area contributed by atoms with E-state index in [9.17, 15) is 9.18 Å². The van der Waals surface area contributed by atoms with Crippen molar-refractivity contribution in [3.05, 3.63) is 47.3 Å². The third-order valence-corrected chi connectivity index (χ3v) is 5.82. The van der Waals surface area contributed by atoms with E-state index in [1.54, 1.807) is 0 Å². The minimum absolute atomic E-state index is 0.0776. The highest BCUT2D eigenvalue weighted by molar-refractivity contribution is 7.09. The van der Waals surface area contributed by atoms with Gasteiger partial charge in [0.05, 0.1) is 12.1 Å². The molecule has 1 aromatic carbocycles. The predicted octanol–water partition coefficient (Wildman–Crippen LogP) is 2.60. The average molecular weight is 370 g/mol. The lowest BCUT2D eigenvalue weighted by Gasteiger charge is -2.35. The van der Waals surface area contributed by atoms with Crippen molar-refractivity contribution in [2.75, 3.05) is 0 Å². The molecule has 26 heavy (non-hydrogen) atoms. The molecule has 1 fully saturated rings. The van der Waals surface area contributed by atoms with Gasteiger partial charge >= 0.3 is 0 Å². The quantitative estimate of drug-likeness (QED) is 0.693. The molecule has 2 atom stereocenters. The molecule has 1 amide bonds. The zero-order chi connectivity index (χ0) is 17.8. The van der Waals surface area contributed by atoms with Crippen LogP contribution in [0.4, 0.5) is 4.39 Å². The topological polar surface area (TPSA) is 76.8 Å². The third kappa shape index (κ3) is 2.27. The molecule has 2 aliphatic rings. The fraction of sp³-hybridized carbons (Fsp3) is 0.353. The van der Waals surface area contributed by atoms with Crippen LogP contribution in [-0.2, 0) is 6.54 Å². The highest BCUT2D eigenvalue weighted by atomic mass is 32.1. The number of halogens is 1. The van der Waals surface area contributed by atoms with Crippen molar-refractivity contribution < 1.29 is 9.18 Å². The largest absolute Gasteiger partial charge is 0.324 e. The molecular formula is C17H15FN6OS. The molecule has 2 aromatic heterocycles. The molecule has 0 saturated carbocycles. The number of aromatic nitrogens is 5. The van der Waals surface area contributed by atoms with Crippen molar-refractivity contribution >= 4 is 17.4 Å². The van der Waals surface area contributed by atoms with E-state index in [1.807, 2.05) is 11.8 Å². The Labute approximate surface area is 152 Å². The number of hydrogen-bond acceptors (Lipinski definition) is 6. The van der Waals surface area contributed by atoms with Crippen LogP contribution in [0.2, 0.25) is 0 Å². The van der Waals surface area contributed by atoms with Crippen LogP contribution in [0, 0.1) is 12.7 Å². The molecule has 132 valence electrons. The van der Waals surface area contributed by atoms with Crippen LogP contribution in [0.5, 0.6) is 0 Å². The Morgan fingerprint density at radius 3 is 2.77 bits per heavy atom. The summed E-state index contributed by atoms with van der Waals surface area (Å²) in [7, 11) is 0. The Kier molecular flexibility index (Phi) is 3.39. The number of amides is 1. The molecule has 4 heterocycles. The van der Waals surface area contributed by atoms with E-state index in [2.05, 4.69) is 24.1 Å². The first-order valence-electron chi connectivity index (χ1n) is 8.44. The van der Waals surface area contributed by atoms with Crippen LogP contribution in [0.25, 0.3) is 10.8 Å². The second kappa shape index (κ2) is 5.66. The summed E-state index contributed by atoms with van der Waals surface area (Å²) in [5, 5.41) is 9.42. The summed E-state index contributed by atoms with van der Waals surface area (Å²) in [4.78, 5) is 19.3. The van der Waals surface area contributed by atoms with E-state index in [0.29, 0.717) is 17.9 Å². The van der Waals surface area contributed by atoms with Crippen molar-refractivity contribution in [3.63, 3.8) is 0 Å². The number of carbonyl (C=O) groups is 1. The Morgan fingerprint density at radius 1 is 1.23 bits per heavy atom. The van der Waals surface area contributed by atoms with Crippen LogP contribution < -0.4 is 0 Å². The van der Waals surface area contributed by atoms with E-state index in [4.69, 9.17) is 0 Å². The maximum Gasteiger partial charge on any atom is 0.254 e. The van der Waals surface area contributed by atoms with E-state index in [1.165, 1.54) is 35.8 Å². The van der Waals surface area contributed by atoms with Crippen LogP contribution >= 0.6 is 11.5 Å². The predicted molar refractivity (Wildman–Crippen MR) is 92.0 cm³/mol. The van der Waals surface area contributed by atoms with Gasteiger partial charge in [0, 0.05) is 12.1 Å². The number of hydrogen-bond donors (Lipinski definition) is 0. The second-order valence-corrected chi connectivity index (χ2v) is 7.36. The zero-order valence-corrected chi connectivity index (χ0v) is 14.8. The summed E-state index contributed by atoms with van der Waals surface area (Å²) in [5.74, 6) is 1.79. The first kappa shape index (κ1) is 15.6. The monoisotopic (exact) mass is 370 g/mol. The first-order valence-corrected chi connectivity index (χ1v) is 9.21. The summed E-state index contributed by atoms with van der Waals surface area (Å²) in [6.45, 7) is 2.49. The molecule has 0 unspecified atom stereocenters. The van der Waals surface area contributed by atoms with Gasteiger partial charge < -0.3 is 9.47 Å². The Hall–Kier alpha value is -2.68. The molecule has 9 heteroatoms. The molecule has 1 saturated heterocycles. The van der Waals surface area contributed by atoms with Crippen LogP contribution in [0.3, 0.4) is 0 Å². The molecular weight excluding hydrogens is 355 g/mol. The fourth-order valence-corrected chi connectivity index (χ4v) is 4.53. The molecule has 3 aromatic rings. The highest BCUT2D eigenvalue weighted by Crippen LogP contribution is 2.42. The zero-order valence-electron chi connectivity index (χ0n) is 14.0. The van der Waals surface area contributed by atoms with Crippen molar-refractivity contribution in [2.24, 2.45) is 0 Å².